The summed E-state index contributed by atoms with van der Waals surface area (Å²) >= 11 is 0. The van der Waals surface area contributed by atoms with Gasteiger partial charge < -0.3 is 9.30 Å². The third kappa shape index (κ3) is 3.41. The van der Waals surface area contributed by atoms with Gasteiger partial charge in [0.1, 0.15) is 18.6 Å². The van der Waals surface area contributed by atoms with E-state index in [1.54, 1.807) is 13.3 Å². The molecule has 1 aliphatic heterocycles. The van der Waals surface area contributed by atoms with Crippen molar-refractivity contribution >= 4 is 0 Å². The van der Waals surface area contributed by atoms with Crippen LogP contribution in [0.15, 0.2) is 43.0 Å². The molecule has 0 spiro atoms. The van der Waals surface area contributed by atoms with Gasteiger partial charge in [-0.15, -0.1) is 10.2 Å². The van der Waals surface area contributed by atoms with E-state index >= 15 is 0 Å². The maximum Gasteiger partial charge on any atom is 0.166 e. The number of aromatic nitrogens is 6. The van der Waals surface area contributed by atoms with Crippen LogP contribution < -0.4 is 0 Å². The first-order valence-corrected chi connectivity index (χ1v) is 10.2. The Balaban J connectivity index is 1.66. The molecule has 1 aromatic carbocycles. The molecule has 0 fully saturated rings. The van der Waals surface area contributed by atoms with Crippen LogP contribution in [0.2, 0.25) is 0 Å². The van der Waals surface area contributed by atoms with E-state index in [-0.39, 0.29) is 0 Å². The maximum atomic E-state index is 5.35. The second-order valence-corrected chi connectivity index (χ2v) is 7.57. The molecule has 7 heteroatoms. The predicted molar refractivity (Wildman–Crippen MR) is 117 cm³/mol. The van der Waals surface area contributed by atoms with Crippen molar-refractivity contribution in [3.63, 3.8) is 0 Å². The minimum atomic E-state index is 0.388. The van der Waals surface area contributed by atoms with Crippen LogP contribution in [0.4, 0.5) is 0 Å². The summed E-state index contributed by atoms with van der Waals surface area (Å²) in [5.41, 5.74) is 6.98. The van der Waals surface area contributed by atoms with Crippen molar-refractivity contribution < 1.29 is 4.74 Å². The van der Waals surface area contributed by atoms with E-state index in [1.165, 1.54) is 0 Å². The lowest BCUT2D eigenvalue weighted by atomic mass is 10.1. The van der Waals surface area contributed by atoms with Crippen molar-refractivity contribution in [1.82, 2.24) is 29.3 Å². The van der Waals surface area contributed by atoms with E-state index in [0.717, 1.165) is 57.4 Å². The topological polar surface area (TPSA) is 70.7 Å². The summed E-state index contributed by atoms with van der Waals surface area (Å²) < 4.78 is 9.54. The van der Waals surface area contributed by atoms with Gasteiger partial charge in [0.25, 0.3) is 0 Å². The van der Waals surface area contributed by atoms with Gasteiger partial charge in [-0.25, -0.2) is 4.98 Å². The van der Waals surface area contributed by atoms with Crippen molar-refractivity contribution in [3.05, 3.63) is 76.9 Å². The molecule has 0 saturated heterocycles. The molecule has 3 aromatic heterocycles. The highest BCUT2D eigenvalue weighted by atomic mass is 16.5. The molecule has 0 saturated carbocycles. The van der Waals surface area contributed by atoms with Gasteiger partial charge in [-0.3, -0.25) is 9.55 Å². The third-order valence-corrected chi connectivity index (χ3v) is 5.46. The first kappa shape index (κ1) is 19.2. The lowest BCUT2D eigenvalue weighted by Gasteiger charge is -2.08. The summed E-state index contributed by atoms with van der Waals surface area (Å²) in [5, 5.41) is 8.85. The Morgan fingerprint density at radius 1 is 1.13 bits per heavy atom. The van der Waals surface area contributed by atoms with Crippen molar-refractivity contribution in [3.8, 4) is 28.9 Å². The molecule has 31 heavy (non-hydrogen) atoms. The molecule has 4 aromatic rings. The Hall–Kier alpha value is -3.76. The van der Waals surface area contributed by atoms with Crippen molar-refractivity contribution in [1.29, 1.82) is 0 Å². The van der Waals surface area contributed by atoms with E-state index < -0.39 is 0 Å². The Bertz CT molecular complexity index is 1340. The molecule has 154 valence electrons. The van der Waals surface area contributed by atoms with Crippen LogP contribution in [0.3, 0.4) is 0 Å². The fourth-order valence-electron chi connectivity index (χ4n) is 3.84. The molecule has 0 atom stereocenters. The standard InChI is InChI=1S/C24H22N6O/c1-4-17-10-18(12-25-11-17)6-7-20-22-13-29-23(14-31-3)27-28-24(29)19-9-16(2)5-8-21(19)30(22)15-26-20/h5,8-12,15H,4,13-14H2,1-3H3. The molecule has 5 rings (SSSR count). The molecule has 0 amide bonds. The zero-order valence-electron chi connectivity index (χ0n) is 17.8. The number of hydrogen-bond acceptors (Lipinski definition) is 5. The van der Waals surface area contributed by atoms with Gasteiger partial charge in [-0.05, 0) is 43.0 Å². The average molecular weight is 410 g/mol. The lowest BCUT2D eigenvalue weighted by Crippen LogP contribution is -2.09. The van der Waals surface area contributed by atoms with Gasteiger partial charge in [0.2, 0.25) is 0 Å². The zero-order chi connectivity index (χ0) is 21.4. The highest BCUT2D eigenvalue weighted by molar-refractivity contribution is 5.70. The van der Waals surface area contributed by atoms with Crippen molar-refractivity contribution in [2.75, 3.05) is 7.11 Å². The number of aryl methyl sites for hydroxylation is 2. The number of ether oxygens (including phenoxy) is 1. The van der Waals surface area contributed by atoms with Crippen LogP contribution in [-0.4, -0.2) is 36.4 Å². The highest BCUT2D eigenvalue weighted by Crippen LogP contribution is 2.33. The Morgan fingerprint density at radius 3 is 2.87 bits per heavy atom. The zero-order valence-corrected chi connectivity index (χ0v) is 17.8. The van der Waals surface area contributed by atoms with Crippen LogP contribution in [0.1, 0.15) is 40.8 Å². The van der Waals surface area contributed by atoms with E-state index in [9.17, 15) is 0 Å². The Kier molecular flexibility index (Phi) is 4.85. The number of fused-ring (bicyclic) bond motifs is 5. The minimum absolute atomic E-state index is 0.388. The summed E-state index contributed by atoms with van der Waals surface area (Å²) in [7, 11) is 1.66. The average Bonchev–Trinajstić information content (AvgIpc) is 3.34. The van der Waals surface area contributed by atoms with E-state index in [4.69, 9.17) is 4.74 Å². The van der Waals surface area contributed by atoms with Gasteiger partial charge >= 0.3 is 0 Å². The minimum Gasteiger partial charge on any atom is -0.377 e. The van der Waals surface area contributed by atoms with Gasteiger partial charge in [0.15, 0.2) is 11.6 Å². The molecule has 0 unspecified atom stereocenters. The molecular formula is C24H22N6O. The van der Waals surface area contributed by atoms with Gasteiger partial charge in [-0.2, -0.15) is 0 Å². The lowest BCUT2D eigenvalue weighted by molar-refractivity contribution is 0.174. The van der Waals surface area contributed by atoms with Crippen LogP contribution in [0.25, 0.3) is 17.1 Å². The van der Waals surface area contributed by atoms with E-state index in [0.29, 0.717) is 13.2 Å². The van der Waals surface area contributed by atoms with Crippen LogP contribution in [0.5, 0.6) is 0 Å². The van der Waals surface area contributed by atoms with Crippen LogP contribution >= 0.6 is 0 Å². The van der Waals surface area contributed by atoms with Crippen LogP contribution in [-0.2, 0) is 24.3 Å². The molecule has 0 radical (unpaired) electrons. The van der Waals surface area contributed by atoms with Crippen molar-refractivity contribution in [2.45, 2.75) is 33.4 Å². The number of benzene rings is 1. The summed E-state index contributed by atoms with van der Waals surface area (Å²) in [6.45, 7) is 5.13. The Labute approximate surface area is 180 Å². The summed E-state index contributed by atoms with van der Waals surface area (Å²) in [6, 6.07) is 8.40. The van der Waals surface area contributed by atoms with E-state index in [2.05, 4.69) is 79.3 Å². The van der Waals surface area contributed by atoms with Gasteiger partial charge in [0.05, 0.1) is 17.9 Å². The normalized spacial score (nSPS) is 11.7. The molecule has 0 aliphatic carbocycles. The monoisotopic (exact) mass is 410 g/mol. The smallest absolute Gasteiger partial charge is 0.166 e. The van der Waals surface area contributed by atoms with Gasteiger partial charge in [0, 0.05) is 30.6 Å². The molecule has 0 bridgehead atoms. The Morgan fingerprint density at radius 2 is 2.03 bits per heavy atom. The number of methoxy groups -OCH3 is 1. The van der Waals surface area contributed by atoms with Crippen molar-refractivity contribution in [2.24, 2.45) is 0 Å². The SMILES string of the molecule is CCc1cncc(C#Cc2ncn3c2Cn2c(COC)nnc2-c2cc(C)ccc2-3)c1. The summed E-state index contributed by atoms with van der Waals surface area (Å²) in [5.74, 6) is 8.09. The van der Waals surface area contributed by atoms with Gasteiger partial charge in [-0.1, -0.05) is 24.5 Å². The summed E-state index contributed by atoms with van der Waals surface area (Å²) in [6.07, 6.45) is 6.42. The van der Waals surface area contributed by atoms with E-state index in [1.807, 2.05) is 12.5 Å². The number of hydrogen-bond donors (Lipinski definition) is 0. The maximum absolute atomic E-state index is 5.35. The molecule has 4 heterocycles. The highest BCUT2D eigenvalue weighted by Gasteiger charge is 2.25. The second-order valence-electron chi connectivity index (χ2n) is 7.57. The predicted octanol–water partition coefficient (Wildman–Crippen LogP) is 3.30. The molecule has 1 aliphatic rings. The molecular weight excluding hydrogens is 388 g/mol. The molecule has 7 nitrogen and oxygen atoms in total. The number of nitrogens with zero attached hydrogens (tertiary/aromatic N) is 6. The molecule has 0 N–H and O–H groups in total. The fraction of sp³-hybridized carbons (Fsp3) is 0.250. The second kappa shape index (κ2) is 7.82. The van der Waals surface area contributed by atoms with Crippen LogP contribution in [0, 0.1) is 18.8 Å². The number of rotatable bonds is 3. The quantitative estimate of drug-likeness (QED) is 0.427. The largest absolute Gasteiger partial charge is 0.377 e. The fourth-order valence-corrected chi connectivity index (χ4v) is 3.84. The number of pyridine rings is 1. The first-order chi connectivity index (χ1) is 15.2. The number of imidazole rings is 1. The third-order valence-electron chi connectivity index (χ3n) is 5.46. The first-order valence-electron chi connectivity index (χ1n) is 10.2. The summed E-state index contributed by atoms with van der Waals surface area (Å²) in [4.78, 5) is 8.92.